The second kappa shape index (κ2) is 13.3. The summed E-state index contributed by atoms with van der Waals surface area (Å²) in [6.07, 6.45) is 1.41. The number of ether oxygens (including phenoxy) is 1. The highest BCUT2D eigenvalue weighted by Gasteiger charge is 2.30. The van der Waals surface area contributed by atoms with Crippen LogP contribution in [0.25, 0.3) is 0 Å². The van der Waals surface area contributed by atoms with Gasteiger partial charge in [-0.25, -0.2) is 0 Å². The van der Waals surface area contributed by atoms with E-state index in [0.29, 0.717) is 38.3 Å². The molecule has 3 aromatic rings. The van der Waals surface area contributed by atoms with Crippen molar-refractivity contribution in [3.05, 3.63) is 102 Å². The van der Waals surface area contributed by atoms with Crippen molar-refractivity contribution >= 4 is 11.8 Å². The molecular formula is C30H36N2O3. The summed E-state index contributed by atoms with van der Waals surface area (Å²) in [5.41, 5.74) is 3.04. The Kier molecular flexibility index (Phi) is 9.91. The van der Waals surface area contributed by atoms with Crippen LogP contribution in [0, 0.1) is 5.92 Å². The molecule has 0 aliphatic heterocycles. The highest BCUT2D eigenvalue weighted by molar-refractivity contribution is 5.88. The quantitative estimate of drug-likeness (QED) is 0.402. The number of nitrogens with zero attached hydrogens (tertiary/aromatic N) is 1. The van der Waals surface area contributed by atoms with E-state index in [1.54, 1.807) is 12.0 Å². The Labute approximate surface area is 209 Å². The van der Waals surface area contributed by atoms with Crippen molar-refractivity contribution in [3.8, 4) is 5.75 Å². The number of amides is 2. The van der Waals surface area contributed by atoms with Gasteiger partial charge in [0.25, 0.3) is 0 Å². The van der Waals surface area contributed by atoms with E-state index in [-0.39, 0.29) is 11.8 Å². The van der Waals surface area contributed by atoms with E-state index >= 15 is 0 Å². The maximum Gasteiger partial charge on any atom is 0.243 e. The zero-order valence-corrected chi connectivity index (χ0v) is 20.9. The number of aryl methyl sites for hydroxylation is 1. The summed E-state index contributed by atoms with van der Waals surface area (Å²) in [4.78, 5) is 28.9. The first-order valence-electron chi connectivity index (χ1n) is 12.2. The van der Waals surface area contributed by atoms with Gasteiger partial charge in [-0.2, -0.15) is 0 Å². The van der Waals surface area contributed by atoms with Crippen molar-refractivity contribution in [2.75, 3.05) is 13.7 Å². The number of benzene rings is 3. The van der Waals surface area contributed by atoms with E-state index in [1.807, 2.05) is 84.9 Å². The zero-order chi connectivity index (χ0) is 25.0. The van der Waals surface area contributed by atoms with Crippen LogP contribution in [0.4, 0.5) is 0 Å². The Morgan fingerprint density at radius 3 is 2.11 bits per heavy atom. The van der Waals surface area contributed by atoms with Crippen molar-refractivity contribution < 1.29 is 14.3 Å². The lowest BCUT2D eigenvalue weighted by molar-refractivity contribution is -0.141. The molecule has 35 heavy (non-hydrogen) atoms. The standard InChI is InChI=1S/C30H36N2O3/c1-23(2)21-31-30(34)28(20-25-13-8-5-9-14-25)32(22-26-15-10-16-27(19-26)35-3)29(33)18-17-24-11-6-4-7-12-24/h4-16,19,23,28H,17-18,20-22H2,1-3H3,(H,31,34). The highest BCUT2D eigenvalue weighted by atomic mass is 16.5. The van der Waals surface area contributed by atoms with Gasteiger partial charge in [-0.3, -0.25) is 9.59 Å². The maximum absolute atomic E-state index is 13.7. The molecule has 5 heteroatoms. The Morgan fingerprint density at radius 2 is 1.49 bits per heavy atom. The van der Waals surface area contributed by atoms with Crippen LogP contribution in [0.2, 0.25) is 0 Å². The van der Waals surface area contributed by atoms with Gasteiger partial charge in [-0.05, 0) is 41.2 Å². The third-order valence-electron chi connectivity index (χ3n) is 5.91. The largest absolute Gasteiger partial charge is 0.497 e. The van der Waals surface area contributed by atoms with Gasteiger partial charge in [0.2, 0.25) is 11.8 Å². The molecule has 0 aliphatic rings. The fourth-order valence-corrected chi connectivity index (χ4v) is 3.98. The van der Waals surface area contributed by atoms with Gasteiger partial charge < -0.3 is 15.0 Å². The summed E-state index contributed by atoms with van der Waals surface area (Å²) in [6.45, 7) is 5.02. The van der Waals surface area contributed by atoms with E-state index in [2.05, 4.69) is 19.2 Å². The highest BCUT2D eigenvalue weighted by Crippen LogP contribution is 2.19. The molecule has 0 aromatic heterocycles. The predicted octanol–water partition coefficient (Wildman–Crippen LogP) is 5.04. The summed E-state index contributed by atoms with van der Waals surface area (Å²) in [6, 6.07) is 26.9. The lowest BCUT2D eigenvalue weighted by atomic mass is 10.0. The van der Waals surface area contributed by atoms with Crippen molar-refractivity contribution in [1.29, 1.82) is 0 Å². The molecule has 184 valence electrons. The molecular weight excluding hydrogens is 436 g/mol. The van der Waals surface area contributed by atoms with Gasteiger partial charge >= 0.3 is 0 Å². The topological polar surface area (TPSA) is 58.6 Å². The molecule has 0 radical (unpaired) electrons. The number of hydrogen-bond acceptors (Lipinski definition) is 3. The molecule has 0 saturated carbocycles. The zero-order valence-electron chi connectivity index (χ0n) is 20.9. The summed E-state index contributed by atoms with van der Waals surface area (Å²) in [5, 5.41) is 3.06. The van der Waals surface area contributed by atoms with Gasteiger partial charge in [0.15, 0.2) is 0 Å². The van der Waals surface area contributed by atoms with Crippen LogP contribution < -0.4 is 10.1 Å². The lowest BCUT2D eigenvalue weighted by Crippen LogP contribution is -2.51. The van der Waals surface area contributed by atoms with Crippen molar-refractivity contribution in [3.63, 3.8) is 0 Å². The van der Waals surface area contributed by atoms with Gasteiger partial charge in [-0.1, -0.05) is 86.6 Å². The fraction of sp³-hybridized carbons (Fsp3) is 0.333. The first-order chi connectivity index (χ1) is 17.0. The first-order valence-corrected chi connectivity index (χ1v) is 12.2. The normalized spacial score (nSPS) is 11.7. The smallest absolute Gasteiger partial charge is 0.243 e. The van der Waals surface area contributed by atoms with E-state index in [0.717, 1.165) is 22.4 Å². The molecule has 0 heterocycles. The Hall–Kier alpha value is -3.60. The Balaban J connectivity index is 1.90. The third-order valence-corrected chi connectivity index (χ3v) is 5.91. The maximum atomic E-state index is 13.7. The number of hydrogen-bond donors (Lipinski definition) is 1. The molecule has 2 amide bonds. The van der Waals surface area contributed by atoms with E-state index in [1.165, 1.54) is 0 Å². The minimum atomic E-state index is -0.620. The number of rotatable bonds is 12. The Morgan fingerprint density at radius 1 is 0.857 bits per heavy atom. The summed E-state index contributed by atoms with van der Waals surface area (Å²) >= 11 is 0. The Bertz CT molecular complexity index is 1070. The van der Waals surface area contributed by atoms with E-state index in [4.69, 9.17) is 4.74 Å². The fourth-order valence-electron chi connectivity index (χ4n) is 3.98. The molecule has 1 N–H and O–H groups in total. The van der Waals surface area contributed by atoms with Crippen LogP contribution >= 0.6 is 0 Å². The van der Waals surface area contributed by atoms with Crippen LogP contribution in [-0.4, -0.2) is 36.4 Å². The molecule has 0 aliphatic carbocycles. The SMILES string of the molecule is COc1cccc(CN(C(=O)CCc2ccccc2)C(Cc2ccccc2)C(=O)NCC(C)C)c1. The van der Waals surface area contributed by atoms with E-state index < -0.39 is 6.04 Å². The summed E-state index contributed by atoms with van der Waals surface area (Å²) in [7, 11) is 1.62. The minimum absolute atomic E-state index is 0.0442. The van der Waals surface area contributed by atoms with Crippen LogP contribution in [0.1, 0.15) is 37.0 Å². The molecule has 0 spiro atoms. The van der Waals surface area contributed by atoms with Crippen LogP contribution in [0.15, 0.2) is 84.9 Å². The van der Waals surface area contributed by atoms with E-state index in [9.17, 15) is 9.59 Å². The first kappa shape index (κ1) is 26.0. The van der Waals surface area contributed by atoms with Gasteiger partial charge in [0, 0.05) is 25.9 Å². The monoisotopic (exact) mass is 472 g/mol. The van der Waals surface area contributed by atoms with Crippen molar-refractivity contribution in [1.82, 2.24) is 10.2 Å². The molecule has 3 rings (SSSR count). The third kappa shape index (κ3) is 8.29. The number of methoxy groups -OCH3 is 1. The van der Waals surface area contributed by atoms with Gasteiger partial charge in [0.1, 0.15) is 11.8 Å². The summed E-state index contributed by atoms with van der Waals surface area (Å²) in [5.74, 6) is 0.871. The molecule has 0 fully saturated rings. The molecule has 0 bridgehead atoms. The van der Waals surface area contributed by atoms with Crippen LogP contribution in [-0.2, 0) is 29.0 Å². The van der Waals surface area contributed by atoms with Crippen LogP contribution in [0.5, 0.6) is 5.75 Å². The molecule has 5 nitrogen and oxygen atoms in total. The van der Waals surface area contributed by atoms with Crippen LogP contribution in [0.3, 0.4) is 0 Å². The number of carbonyl (C=O) groups excluding carboxylic acids is 2. The van der Waals surface area contributed by atoms with Gasteiger partial charge in [0.05, 0.1) is 7.11 Å². The lowest BCUT2D eigenvalue weighted by Gasteiger charge is -2.32. The van der Waals surface area contributed by atoms with Crippen molar-refractivity contribution in [2.24, 2.45) is 5.92 Å². The van der Waals surface area contributed by atoms with Crippen molar-refractivity contribution in [2.45, 2.75) is 45.7 Å². The van der Waals surface area contributed by atoms with Gasteiger partial charge in [-0.15, -0.1) is 0 Å². The number of carbonyl (C=O) groups is 2. The second-order valence-corrected chi connectivity index (χ2v) is 9.20. The second-order valence-electron chi connectivity index (χ2n) is 9.20. The summed E-state index contributed by atoms with van der Waals surface area (Å²) < 4.78 is 5.39. The minimum Gasteiger partial charge on any atom is -0.497 e. The average molecular weight is 473 g/mol. The molecule has 0 saturated heterocycles. The molecule has 3 aromatic carbocycles. The average Bonchev–Trinajstić information content (AvgIpc) is 2.89. The molecule has 1 atom stereocenters. The number of nitrogens with one attached hydrogen (secondary N) is 1. The molecule has 1 unspecified atom stereocenters. The predicted molar refractivity (Wildman–Crippen MR) is 140 cm³/mol.